The van der Waals surface area contributed by atoms with Gasteiger partial charge in [-0.2, -0.15) is 0 Å². The number of halogens is 2. The molecule has 126 valence electrons. The van der Waals surface area contributed by atoms with E-state index in [1.165, 1.54) is 35.6 Å². The van der Waals surface area contributed by atoms with Gasteiger partial charge in [-0.15, -0.1) is 0 Å². The van der Waals surface area contributed by atoms with Gasteiger partial charge < -0.3 is 9.67 Å². The zero-order valence-corrected chi connectivity index (χ0v) is 12.9. The van der Waals surface area contributed by atoms with E-state index in [0.29, 0.717) is 0 Å². The number of imidazole rings is 1. The summed E-state index contributed by atoms with van der Waals surface area (Å²) >= 11 is 0. The molecule has 3 rings (SSSR count). The maximum atomic E-state index is 13.8. The van der Waals surface area contributed by atoms with Crippen molar-refractivity contribution in [3.8, 4) is 0 Å². The van der Waals surface area contributed by atoms with Crippen LogP contribution in [0.4, 0.5) is 8.78 Å². The third-order valence-electron chi connectivity index (χ3n) is 3.92. The number of benzene rings is 1. The molecule has 0 aliphatic rings. The van der Waals surface area contributed by atoms with Crippen LogP contribution in [0.15, 0.2) is 34.1 Å². The quantitative estimate of drug-likeness (QED) is 0.753. The average molecular weight is 336 g/mol. The molecule has 0 amide bonds. The standard InChI is InChI=1S/C15H14F2N4O3/c1-19-13-12(14(23)20(2)15(19)24)21(7-18-13)6-10(22)11-8(16)4-3-5-9(11)17/h3-5,7,10,22H,6H2,1-2H3. The zero-order valence-electron chi connectivity index (χ0n) is 12.9. The van der Waals surface area contributed by atoms with Crippen LogP contribution in [0.2, 0.25) is 0 Å². The Hall–Kier alpha value is -2.81. The Morgan fingerprint density at radius 2 is 1.79 bits per heavy atom. The number of aliphatic hydroxyl groups is 1. The first-order chi connectivity index (χ1) is 11.3. The van der Waals surface area contributed by atoms with E-state index < -0.39 is 34.6 Å². The highest BCUT2D eigenvalue weighted by Gasteiger charge is 2.21. The van der Waals surface area contributed by atoms with E-state index in [1.54, 1.807) is 0 Å². The summed E-state index contributed by atoms with van der Waals surface area (Å²) in [6, 6.07) is 3.27. The van der Waals surface area contributed by atoms with Gasteiger partial charge in [0, 0.05) is 14.1 Å². The molecule has 24 heavy (non-hydrogen) atoms. The van der Waals surface area contributed by atoms with Crippen molar-refractivity contribution < 1.29 is 13.9 Å². The number of hydrogen-bond acceptors (Lipinski definition) is 4. The Morgan fingerprint density at radius 3 is 2.42 bits per heavy atom. The molecule has 2 aromatic heterocycles. The van der Waals surface area contributed by atoms with E-state index in [1.807, 2.05) is 0 Å². The van der Waals surface area contributed by atoms with Crippen LogP contribution in [0.1, 0.15) is 11.7 Å². The fourth-order valence-corrected chi connectivity index (χ4v) is 2.64. The Balaban J connectivity index is 2.12. The summed E-state index contributed by atoms with van der Waals surface area (Å²) in [5.41, 5.74) is -1.44. The van der Waals surface area contributed by atoms with Gasteiger partial charge in [0.05, 0.1) is 18.4 Å². The maximum absolute atomic E-state index is 13.8. The molecule has 7 nitrogen and oxygen atoms in total. The molecule has 2 heterocycles. The highest BCUT2D eigenvalue weighted by atomic mass is 19.1. The number of fused-ring (bicyclic) bond motifs is 1. The summed E-state index contributed by atoms with van der Waals surface area (Å²) in [4.78, 5) is 28.2. The van der Waals surface area contributed by atoms with Gasteiger partial charge in [-0.05, 0) is 12.1 Å². The van der Waals surface area contributed by atoms with Gasteiger partial charge in [-0.25, -0.2) is 18.6 Å². The molecular weight excluding hydrogens is 322 g/mol. The Labute approximate surface area is 134 Å². The lowest BCUT2D eigenvalue weighted by atomic mass is 10.1. The Morgan fingerprint density at radius 1 is 1.17 bits per heavy atom. The van der Waals surface area contributed by atoms with Crippen molar-refractivity contribution >= 4 is 11.2 Å². The van der Waals surface area contributed by atoms with E-state index in [2.05, 4.69) is 4.98 Å². The minimum atomic E-state index is -1.52. The van der Waals surface area contributed by atoms with E-state index >= 15 is 0 Å². The first kappa shape index (κ1) is 16.1. The van der Waals surface area contributed by atoms with Gasteiger partial charge in [0.2, 0.25) is 0 Å². The molecule has 0 radical (unpaired) electrons. The van der Waals surface area contributed by atoms with Crippen molar-refractivity contribution in [2.45, 2.75) is 12.6 Å². The molecule has 0 spiro atoms. The molecule has 3 aromatic rings. The number of nitrogens with zero attached hydrogens (tertiary/aromatic N) is 4. The third-order valence-corrected chi connectivity index (χ3v) is 3.92. The lowest BCUT2D eigenvalue weighted by Crippen LogP contribution is -2.37. The van der Waals surface area contributed by atoms with Gasteiger partial charge in [-0.1, -0.05) is 6.07 Å². The van der Waals surface area contributed by atoms with Crippen LogP contribution in [0.25, 0.3) is 11.2 Å². The summed E-state index contributed by atoms with van der Waals surface area (Å²) in [6.07, 6.45) is -0.279. The van der Waals surface area contributed by atoms with Crippen LogP contribution >= 0.6 is 0 Å². The zero-order chi connectivity index (χ0) is 17.6. The number of aromatic nitrogens is 4. The van der Waals surface area contributed by atoms with Crippen molar-refractivity contribution in [3.63, 3.8) is 0 Å². The molecule has 0 fully saturated rings. The Bertz CT molecular complexity index is 1030. The van der Waals surface area contributed by atoms with E-state index in [-0.39, 0.29) is 17.7 Å². The van der Waals surface area contributed by atoms with Crippen LogP contribution in [-0.4, -0.2) is 23.8 Å². The smallest absolute Gasteiger partial charge is 0.332 e. The van der Waals surface area contributed by atoms with Gasteiger partial charge >= 0.3 is 5.69 Å². The average Bonchev–Trinajstić information content (AvgIpc) is 2.94. The fourth-order valence-electron chi connectivity index (χ4n) is 2.64. The largest absolute Gasteiger partial charge is 0.386 e. The van der Waals surface area contributed by atoms with Gasteiger partial charge in [0.15, 0.2) is 11.2 Å². The van der Waals surface area contributed by atoms with E-state index in [4.69, 9.17) is 0 Å². The predicted octanol–water partition coefficient (Wildman–Crippen LogP) is 0.445. The molecule has 0 aliphatic carbocycles. The monoisotopic (exact) mass is 336 g/mol. The molecule has 9 heteroatoms. The summed E-state index contributed by atoms with van der Waals surface area (Å²) in [6.45, 7) is -0.290. The van der Waals surface area contributed by atoms with Crippen LogP contribution in [-0.2, 0) is 20.6 Å². The van der Waals surface area contributed by atoms with Gasteiger partial charge in [0.1, 0.15) is 17.7 Å². The molecular formula is C15H14F2N4O3. The first-order valence-corrected chi connectivity index (χ1v) is 7.05. The van der Waals surface area contributed by atoms with Crippen molar-refractivity contribution in [1.29, 1.82) is 0 Å². The van der Waals surface area contributed by atoms with Crippen LogP contribution in [0, 0.1) is 11.6 Å². The van der Waals surface area contributed by atoms with E-state index in [9.17, 15) is 23.5 Å². The topological polar surface area (TPSA) is 82.0 Å². The van der Waals surface area contributed by atoms with E-state index in [0.717, 1.165) is 16.7 Å². The van der Waals surface area contributed by atoms with Crippen molar-refractivity contribution in [1.82, 2.24) is 18.7 Å². The lowest BCUT2D eigenvalue weighted by molar-refractivity contribution is 0.148. The first-order valence-electron chi connectivity index (χ1n) is 7.05. The second-order valence-electron chi connectivity index (χ2n) is 5.43. The highest BCUT2D eigenvalue weighted by molar-refractivity contribution is 5.69. The molecule has 0 saturated carbocycles. The SMILES string of the molecule is Cn1c(=O)c2c(ncn2CC(O)c2c(F)cccc2F)n(C)c1=O. The van der Waals surface area contributed by atoms with Crippen molar-refractivity contribution in [3.05, 3.63) is 62.6 Å². The second kappa shape index (κ2) is 5.68. The molecule has 1 N–H and O–H groups in total. The van der Waals surface area contributed by atoms with Crippen molar-refractivity contribution in [2.24, 2.45) is 14.1 Å². The molecule has 1 atom stereocenters. The lowest BCUT2D eigenvalue weighted by Gasteiger charge is -2.14. The van der Waals surface area contributed by atoms with Crippen molar-refractivity contribution in [2.75, 3.05) is 0 Å². The molecule has 0 bridgehead atoms. The highest BCUT2D eigenvalue weighted by Crippen LogP contribution is 2.22. The molecule has 1 unspecified atom stereocenters. The van der Waals surface area contributed by atoms with Crippen LogP contribution in [0.3, 0.4) is 0 Å². The van der Waals surface area contributed by atoms with Crippen LogP contribution in [0.5, 0.6) is 0 Å². The fraction of sp³-hybridized carbons (Fsp3) is 0.267. The number of aryl methyl sites for hydroxylation is 1. The third kappa shape index (κ3) is 2.33. The maximum Gasteiger partial charge on any atom is 0.332 e. The summed E-state index contributed by atoms with van der Waals surface area (Å²) in [5.74, 6) is -1.76. The summed E-state index contributed by atoms with van der Waals surface area (Å²) in [5, 5.41) is 10.2. The number of hydrogen-bond donors (Lipinski definition) is 1. The number of aliphatic hydroxyl groups excluding tert-OH is 1. The number of rotatable bonds is 3. The minimum absolute atomic E-state index is 0.0652. The summed E-state index contributed by atoms with van der Waals surface area (Å²) in [7, 11) is 2.77. The molecule has 1 aromatic carbocycles. The molecule has 0 aliphatic heterocycles. The second-order valence-corrected chi connectivity index (χ2v) is 5.43. The Kier molecular flexibility index (Phi) is 3.80. The minimum Gasteiger partial charge on any atom is -0.386 e. The molecule has 0 saturated heterocycles. The predicted molar refractivity (Wildman–Crippen MR) is 81.5 cm³/mol. The van der Waals surface area contributed by atoms with Crippen LogP contribution < -0.4 is 11.2 Å². The normalized spacial score (nSPS) is 12.7. The van der Waals surface area contributed by atoms with Gasteiger partial charge in [0.25, 0.3) is 5.56 Å². The van der Waals surface area contributed by atoms with Gasteiger partial charge in [-0.3, -0.25) is 13.9 Å². The summed E-state index contributed by atoms with van der Waals surface area (Å²) < 4.78 is 30.9.